The van der Waals surface area contributed by atoms with Crippen molar-refractivity contribution in [2.75, 3.05) is 38.7 Å². The van der Waals surface area contributed by atoms with Crippen molar-refractivity contribution in [1.29, 1.82) is 5.26 Å². The van der Waals surface area contributed by atoms with Crippen LogP contribution < -0.4 is 10.6 Å². The van der Waals surface area contributed by atoms with Crippen LogP contribution in [0, 0.1) is 18.3 Å². The fourth-order valence-corrected chi connectivity index (χ4v) is 4.51. The Balaban J connectivity index is 1.42. The van der Waals surface area contributed by atoms with Crippen LogP contribution in [0.15, 0.2) is 36.4 Å². The standard InChI is InChI=1S/C25H28N4O4/c1-17-3-5-19(14-22(17)28-24(31)27-9-12-32-2)23(30)29-10-7-25(8-11-29)21-6-4-18(15-26)13-20(21)16-33-25/h3-6,13-14H,7-12,16H2,1-2H3,(H2,27,28,31). The molecule has 8 heteroatoms. The third-order valence-corrected chi connectivity index (χ3v) is 6.41. The summed E-state index contributed by atoms with van der Waals surface area (Å²) in [6.07, 6.45) is 1.41. The molecular formula is C25H28N4O4. The van der Waals surface area contributed by atoms with Crippen molar-refractivity contribution < 1.29 is 19.1 Å². The van der Waals surface area contributed by atoms with E-state index in [4.69, 9.17) is 14.7 Å². The van der Waals surface area contributed by atoms with Gasteiger partial charge in [0, 0.05) is 38.0 Å². The van der Waals surface area contributed by atoms with E-state index in [0.717, 1.165) is 16.7 Å². The number of likely N-dealkylation sites (tertiary alicyclic amines) is 1. The van der Waals surface area contributed by atoms with Gasteiger partial charge in [0.2, 0.25) is 0 Å². The SMILES string of the molecule is COCCNC(=O)Nc1cc(C(=O)N2CCC3(CC2)OCc2cc(C#N)ccc23)ccc1C. The lowest BCUT2D eigenvalue weighted by Crippen LogP contribution is -2.45. The number of urea groups is 1. The number of nitrogens with zero attached hydrogens (tertiary/aromatic N) is 2. The number of fused-ring (bicyclic) bond motifs is 2. The Bertz CT molecular complexity index is 1100. The molecule has 3 amide bonds. The summed E-state index contributed by atoms with van der Waals surface area (Å²) in [7, 11) is 1.57. The number of methoxy groups -OCH3 is 1. The minimum Gasteiger partial charge on any atom is -0.383 e. The molecule has 2 N–H and O–H groups in total. The van der Waals surface area contributed by atoms with Gasteiger partial charge in [-0.05, 0) is 60.7 Å². The van der Waals surface area contributed by atoms with Crippen LogP contribution in [0.4, 0.5) is 10.5 Å². The molecule has 1 spiro atoms. The molecule has 0 atom stereocenters. The van der Waals surface area contributed by atoms with E-state index in [0.29, 0.717) is 62.5 Å². The van der Waals surface area contributed by atoms with E-state index in [-0.39, 0.29) is 17.5 Å². The molecule has 1 saturated heterocycles. The summed E-state index contributed by atoms with van der Waals surface area (Å²) in [5.41, 5.74) is 4.46. The van der Waals surface area contributed by atoms with E-state index in [1.807, 2.05) is 36.1 Å². The third-order valence-electron chi connectivity index (χ3n) is 6.41. The molecule has 33 heavy (non-hydrogen) atoms. The topological polar surface area (TPSA) is 104 Å². The maximum atomic E-state index is 13.2. The Hall–Kier alpha value is -3.41. The van der Waals surface area contributed by atoms with E-state index >= 15 is 0 Å². The summed E-state index contributed by atoms with van der Waals surface area (Å²) in [4.78, 5) is 27.1. The molecule has 2 heterocycles. The molecule has 0 aromatic heterocycles. The third kappa shape index (κ3) is 4.70. The summed E-state index contributed by atoms with van der Waals surface area (Å²) in [6, 6.07) is 12.9. The number of anilines is 1. The first-order valence-corrected chi connectivity index (χ1v) is 11.1. The number of nitrogens with one attached hydrogen (secondary N) is 2. The zero-order valence-corrected chi connectivity index (χ0v) is 18.9. The van der Waals surface area contributed by atoms with Crippen LogP contribution in [0.3, 0.4) is 0 Å². The van der Waals surface area contributed by atoms with Crippen LogP contribution in [0.5, 0.6) is 0 Å². The second-order valence-corrected chi connectivity index (χ2v) is 8.46. The highest BCUT2D eigenvalue weighted by Gasteiger charge is 2.43. The summed E-state index contributed by atoms with van der Waals surface area (Å²) >= 11 is 0. The zero-order valence-electron chi connectivity index (χ0n) is 18.9. The molecule has 0 saturated carbocycles. The monoisotopic (exact) mass is 448 g/mol. The van der Waals surface area contributed by atoms with Gasteiger partial charge in [0.05, 0.1) is 30.4 Å². The lowest BCUT2D eigenvalue weighted by molar-refractivity contribution is -0.0741. The Morgan fingerprint density at radius 3 is 2.73 bits per heavy atom. The molecule has 0 unspecified atom stereocenters. The highest BCUT2D eigenvalue weighted by molar-refractivity contribution is 5.97. The van der Waals surface area contributed by atoms with Crippen molar-refractivity contribution >= 4 is 17.6 Å². The number of piperidine rings is 1. The first kappa shape index (κ1) is 22.8. The molecule has 2 aromatic rings. The molecular weight excluding hydrogens is 420 g/mol. The van der Waals surface area contributed by atoms with Gasteiger partial charge < -0.3 is 25.0 Å². The number of hydrogen-bond acceptors (Lipinski definition) is 5. The number of carbonyl (C=O) groups excluding carboxylic acids is 2. The first-order valence-electron chi connectivity index (χ1n) is 11.1. The minimum atomic E-state index is -0.389. The van der Waals surface area contributed by atoms with Gasteiger partial charge in [0.15, 0.2) is 0 Å². The van der Waals surface area contributed by atoms with Gasteiger partial charge in [-0.25, -0.2) is 4.79 Å². The number of amides is 3. The van der Waals surface area contributed by atoms with Crippen LogP contribution in [0.2, 0.25) is 0 Å². The Labute approximate surface area is 193 Å². The maximum Gasteiger partial charge on any atom is 0.319 e. The van der Waals surface area contributed by atoms with Gasteiger partial charge in [-0.1, -0.05) is 12.1 Å². The van der Waals surface area contributed by atoms with Gasteiger partial charge >= 0.3 is 6.03 Å². The fourth-order valence-electron chi connectivity index (χ4n) is 4.51. The van der Waals surface area contributed by atoms with Crippen molar-refractivity contribution in [3.8, 4) is 6.07 Å². The van der Waals surface area contributed by atoms with Crippen LogP contribution in [-0.2, 0) is 21.7 Å². The average molecular weight is 449 g/mol. The molecule has 0 bridgehead atoms. The smallest absolute Gasteiger partial charge is 0.319 e. The molecule has 0 radical (unpaired) electrons. The van der Waals surface area contributed by atoms with Gasteiger partial charge in [0.1, 0.15) is 0 Å². The Morgan fingerprint density at radius 2 is 2.00 bits per heavy atom. The van der Waals surface area contributed by atoms with Gasteiger partial charge in [-0.15, -0.1) is 0 Å². The number of aryl methyl sites for hydroxylation is 1. The largest absolute Gasteiger partial charge is 0.383 e. The molecule has 4 rings (SSSR count). The summed E-state index contributed by atoms with van der Waals surface area (Å²) in [5.74, 6) is -0.0641. The van der Waals surface area contributed by atoms with Gasteiger partial charge in [-0.2, -0.15) is 5.26 Å². The van der Waals surface area contributed by atoms with E-state index in [1.54, 1.807) is 19.2 Å². The Kier molecular flexibility index (Phi) is 6.63. The summed E-state index contributed by atoms with van der Waals surface area (Å²) < 4.78 is 11.1. The van der Waals surface area contributed by atoms with E-state index in [9.17, 15) is 9.59 Å². The molecule has 2 aliphatic heterocycles. The van der Waals surface area contributed by atoms with Crippen molar-refractivity contribution in [1.82, 2.24) is 10.2 Å². The van der Waals surface area contributed by atoms with Crippen LogP contribution in [0.1, 0.15) is 45.5 Å². The first-order chi connectivity index (χ1) is 16.0. The number of rotatable bonds is 5. The normalized spacial score (nSPS) is 16.2. The zero-order chi connectivity index (χ0) is 23.4. The lowest BCUT2D eigenvalue weighted by Gasteiger charge is -2.39. The highest BCUT2D eigenvalue weighted by atomic mass is 16.5. The molecule has 2 aromatic carbocycles. The van der Waals surface area contributed by atoms with Gasteiger partial charge in [-0.3, -0.25) is 4.79 Å². The number of nitriles is 1. The Morgan fingerprint density at radius 1 is 1.21 bits per heavy atom. The summed E-state index contributed by atoms with van der Waals surface area (Å²) in [5, 5.41) is 14.7. The van der Waals surface area contributed by atoms with Crippen LogP contribution >= 0.6 is 0 Å². The molecule has 2 aliphatic rings. The number of benzene rings is 2. The second-order valence-electron chi connectivity index (χ2n) is 8.46. The van der Waals surface area contributed by atoms with Crippen molar-refractivity contribution in [3.05, 3.63) is 64.2 Å². The fraction of sp³-hybridized carbons (Fsp3) is 0.400. The minimum absolute atomic E-state index is 0.0641. The quantitative estimate of drug-likeness (QED) is 0.683. The van der Waals surface area contributed by atoms with Gasteiger partial charge in [0.25, 0.3) is 5.91 Å². The van der Waals surface area contributed by atoms with E-state index < -0.39 is 0 Å². The second kappa shape index (κ2) is 9.61. The lowest BCUT2D eigenvalue weighted by atomic mass is 9.83. The van der Waals surface area contributed by atoms with Crippen LogP contribution in [-0.4, -0.2) is 50.2 Å². The summed E-state index contributed by atoms with van der Waals surface area (Å²) in [6.45, 7) is 4.36. The number of carbonyl (C=O) groups is 2. The predicted molar refractivity (Wildman–Crippen MR) is 123 cm³/mol. The van der Waals surface area contributed by atoms with E-state index in [2.05, 4.69) is 16.7 Å². The van der Waals surface area contributed by atoms with E-state index in [1.165, 1.54) is 0 Å². The van der Waals surface area contributed by atoms with Crippen molar-refractivity contribution in [2.45, 2.75) is 32.0 Å². The molecule has 8 nitrogen and oxygen atoms in total. The van der Waals surface area contributed by atoms with Crippen LogP contribution in [0.25, 0.3) is 0 Å². The highest BCUT2D eigenvalue weighted by Crippen LogP contribution is 2.44. The molecule has 172 valence electrons. The predicted octanol–water partition coefficient (Wildman–Crippen LogP) is 3.30. The van der Waals surface area contributed by atoms with Crippen molar-refractivity contribution in [2.24, 2.45) is 0 Å². The molecule has 1 fully saturated rings. The number of ether oxygens (including phenoxy) is 2. The number of hydrogen-bond donors (Lipinski definition) is 2. The average Bonchev–Trinajstić information content (AvgIpc) is 3.18. The molecule has 0 aliphatic carbocycles. The van der Waals surface area contributed by atoms with Crippen molar-refractivity contribution in [3.63, 3.8) is 0 Å². The maximum absolute atomic E-state index is 13.2.